The molecule has 36 heavy (non-hydrogen) atoms. The van der Waals surface area contributed by atoms with Crippen molar-refractivity contribution in [2.75, 3.05) is 18.9 Å². The first-order chi connectivity index (χ1) is 17.2. The maximum Gasteiger partial charge on any atom is 0.451 e. The predicted molar refractivity (Wildman–Crippen MR) is 129 cm³/mol. The quantitative estimate of drug-likeness (QED) is 0.382. The smallest absolute Gasteiger partial charge is 0.370 e. The maximum atomic E-state index is 12.7. The Balaban J connectivity index is 1.49. The van der Waals surface area contributed by atoms with Crippen molar-refractivity contribution in [1.29, 1.82) is 0 Å². The molecule has 8 nitrogen and oxygen atoms in total. The van der Waals surface area contributed by atoms with Crippen LogP contribution in [-0.2, 0) is 6.18 Å². The molecule has 186 valence electrons. The summed E-state index contributed by atoms with van der Waals surface area (Å²) in [4.78, 5) is 31.9. The lowest BCUT2D eigenvalue weighted by Crippen LogP contribution is -2.19. The van der Waals surface area contributed by atoms with Gasteiger partial charge in [-0.05, 0) is 23.5 Å². The van der Waals surface area contributed by atoms with Crippen LogP contribution in [0, 0.1) is 5.92 Å². The molecule has 0 saturated heterocycles. The number of hydrogen-bond donors (Lipinski definition) is 2. The third kappa shape index (κ3) is 5.24. The molecule has 0 aliphatic carbocycles. The van der Waals surface area contributed by atoms with Gasteiger partial charge in [0.25, 0.3) is 5.91 Å². The van der Waals surface area contributed by atoms with Gasteiger partial charge in [-0.25, -0.2) is 19.9 Å². The Morgan fingerprint density at radius 3 is 2.47 bits per heavy atom. The first-order valence-electron chi connectivity index (χ1n) is 11.2. The van der Waals surface area contributed by atoms with Crippen molar-refractivity contribution >= 4 is 22.6 Å². The van der Waals surface area contributed by atoms with Gasteiger partial charge in [-0.15, -0.1) is 0 Å². The number of alkyl halides is 3. The third-order valence-corrected chi connectivity index (χ3v) is 6.09. The fraction of sp³-hybridized carbons (Fsp3) is 0.280. The van der Waals surface area contributed by atoms with Crippen molar-refractivity contribution < 1.29 is 18.0 Å². The first-order valence-corrected chi connectivity index (χ1v) is 11.2. The fourth-order valence-electron chi connectivity index (χ4n) is 3.87. The molecule has 0 radical (unpaired) electrons. The molecule has 2 atom stereocenters. The number of pyridine rings is 1. The van der Waals surface area contributed by atoms with Crippen molar-refractivity contribution in [2.45, 2.75) is 25.9 Å². The van der Waals surface area contributed by atoms with E-state index in [1.165, 1.54) is 6.33 Å². The Kier molecular flexibility index (Phi) is 7.09. The number of nitrogens with zero attached hydrogens (tertiary/aromatic N) is 5. The number of halogens is 3. The Morgan fingerprint density at radius 1 is 1.03 bits per heavy atom. The number of para-hydroxylation sites is 1. The molecule has 1 amide bonds. The summed E-state index contributed by atoms with van der Waals surface area (Å²) < 4.78 is 38.2. The first kappa shape index (κ1) is 25.0. The van der Waals surface area contributed by atoms with Crippen LogP contribution in [0.3, 0.4) is 0 Å². The zero-order chi connectivity index (χ0) is 25.9. The van der Waals surface area contributed by atoms with Gasteiger partial charge in [0.1, 0.15) is 12.1 Å². The SMILES string of the molecule is CNC(=O)c1ccnc2c(C(C)[C@H](C)CNc3cc(-c4cnc(C(F)(F)F)nc4)ncn3)cccc12. The molecule has 0 aliphatic heterocycles. The second kappa shape index (κ2) is 10.2. The summed E-state index contributed by atoms with van der Waals surface area (Å²) >= 11 is 0. The highest BCUT2D eigenvalue weighted by Gasteiger charge is 2.34. The largest absolute Gasteiger partial charge is 0.451 e. The zero-order valence-corrected chi connectivity index (χ0v) is 19.8. The summed E-state index contributed by atoms with van der Waals surface area (Å²) in [5.41, 5.74) is 3.14. The summed E-state index contributed by atoms with van der Waals surface area (Å²) in [7, 11) is 1.60. The molecule has 0 fully saturated rings. The summed E-state index contributed by atoms with van der Waals surface area (Å²) in [6, 6.07) is 9.16. The van der Waals surface area contributed by atoms with Crippen LogP contribution in [0.4, 0.5) is 19.0 Å². The van der Waals surface area contributed by atoms with E-state index in [0.29, 0.717) is 29.2 Å². The molecule has 1 unspecified atom stereocenters. The molecule has 4 rings (SSSR count). The van der Waals surface area contributed by atoms with Crippen molar-refractivity contribution in [2.24, 2.45) is 5.92 Å². The summed E-state index contributed by atoms with van der Waals surface area (Å²) in [5.74, 6) is -0.601. The fourth-order valence-corrected chi connectivity index (χ4v) is 3.87. The van der Waals surface area contributed by atoms with E-state index in [-0.39, 0.29) is 17.7 Å². The van der Waals surface area contributed by atoms with E-state index >= 15 is 0 Å². The van der Waals surface area contributed by atoms with Crippen LogP contribution < -0.4 is 10.6 Å². The minimum absolute atomic E-state index is 0.0956. The molecule has 11 heteroatoms. The maximum absolute atomic E-state index is 12.7. The lowest BCUT2D eigenvalue weighted by molar-refractivity contribution is -0.144. The third-order valence-electron chi connectivity index (χ3n) is 6.09. The van der Waals surface area contributed by atoms with E-state index in [1.807, 2.05) is 18.2 Å². The van der Waals surface area contributed by atoms with Crippen LogP contribution in [0.5, 0.6) is 0 Å². The van der Waals surface area contributed by atoms with Gasteiger partial charge in [-0.1, -0.05) is 32.0 Å². The van der Waals surface area contributed by atoms with Gasteiger partial charge in [-0.3, -0.25) is 9.78 Å². The predicted octanol–water partition coefficient (Wildman–Crippen LogP) is 4.71. The molecular weight excluding hydrogens is 471 g/mol. The Labute approximate surface area is 205 Å². The topological polar surface area (TPSA) is 106 Å². The standard InChI is InChI=1S/C25H24F3N7O/c1-14(15(2)17-5-4-6-18-19(23(36)29-3)7-8-30-22(17)18)10-31-21-9-20(34-13-35-21)16-11-32-24(33-12-16)25(26,27)28/h4-9,11-15H,10H2,1-3H3,(H,29,36)(H,31,34,35)/t14-,15?/m1/s1. The average Bonchev–Trinajstić information content (AvgIpc) is 2.90. The van der Waals surface area contributed by atoms with E-state index in [0.717, 1.165) is 28.9 Å². The highest BCUT2D eigenvalue weighted by atomic mass is 19.4. The van der Waals surface area contributed by atoms with Gasteiger partial charge in [0.2, 0.25) is 5.82 Å². The van der Waals surface area contributed by atoms with Crippen molar-refractivity contribution in [1.82, 2.24) is 30.2 Å². The van der Waals surface area contributed by atoms with Crippen LogP contribution in [0.1, 0.15) is 41.5 Å². The Morgan fingerprint density at radius 2 is 1.78 bits per heavy atom. The van der Waals surface area contributed by atoms with Crippen LogP contribution in [0.15, 0.2) is 55.2 Å². The highest BCUT2D eigenvalue weighted by Crippen LogP contribution is 2.31. The zero-order valence-electron chi connectivity index (χ0n) is 19.8. The van der Waals surface area contributed by atoms with E-state index in [1.54, 1.807) is 25.4 Å². The van der Waals surface area contributed by atoms with E-state index in [4.69, 9.17) is 0 Å². The number of carbonyl (C=O) groups excluding carboxylic acids is 1. The van der Waals surface area contributed by atoms with Crippen molar-refractivity contribution in [3.8, 4) is 11.3 Å². The van der Waals surface area contributed by atoms with Crippen molar-refractivity contribution in [3.05, 3.63) is 72.2 Å². The molecule has 3 aromatic heterocycles. The Bertz CT molecular complexity index is 1380. The summed E-state index contributed by atoms with van der Waals surface area (Å²) in [6.45, 7) is 4.75. The number of amides is 1. The van der Waals surface area contributed by atoms with Crippen molar-refractivity contribution in [3.63, 3.8) is 0 Å². The lowest BCUT2D eigenvalue weighted by atomic mass is 9.87. The number of hydrogen-bond acceptors (Lipinski definition) is 7. The summed E-state index contributed by atoms with van der Waals surface area (Å²) in [6.07, 6.45) is 0.547. The second-order valence-electron chi connectivity index (χ2n) is 8.41. The number of nitrogens with one attached hydrogen (secondary N) is 2. The van der Waals surface area contributed by atoms with Gasteiger partial charge in [-0.2, -0.15) is 13.2 Å². The molecule has 0 bridgehead atoms. The number of anilines is 1. The Hall–Kier alpha value is -4.15. The number of carbonyl (C=O) groups is 1. The van der Waals surface area contributed by atoms with Crippen LogP contribution in [-0.4, -0.2) is 44.4 Å². The van der Waals surface area contributed by atoms with Gasteiger partial charge in [0, 0.05) is 49.2 Å². The molecule has 4 aromatic rings. The van der Waals surface area contributed by atoms with E-state index < -0.39 is 12.0 Å². The number of benzene rings is 1. The molecular formula is C25H24F3N7O. The lowest BCUT2D eigenvalue weighted by Gasteiger charge is -2.22. The minimum atomic E-state index is -4.60. The average molecular weight is 496 g/mol. The highest BCUT2D eigenvalue weighted by molar-refractivity contribution is 6.06. The molecule has 0 spiro atoms. The number of aromatic nitrogens is 5. The molecule has 0 aliphatic rings. The number of fused-ring (bicyclic) bond motifs is 1. The molecule has 2 N–H and O–H groups in total. The second-order valence-corrected chi connectivity index (χ2v) is 8.41. The van der Waals surface area contributed by atoms with Crippen LogP contribution >= 0.6 is 0 Å². The number of rotatable bonds is 7. The van der Waals surface area contributed by atoms with Gasteiger partial charge >= 0.3 is 6.18 Å². The van der Waals surface area contributed by atoms with E-state index in [9.17, 15) is 18.0 Å². The molecule has 1 aromatic carbocycles. The van der Waals surface area contributed by atoms with Crippen LogP contribution in [0.2, 0.25) is 0 Å². The summed E-state index contributed by atoms with van der Waals surface area (Å²) in [5, 5.41) is 6.73. The normalized spacial score (nSPS) is 13.3. The minimum Gasteiger partial charge on any atom is -0.370 e. The van der Waals surface area contributed by atoms with E-state index in [2.05, 4.69) is 49.4 Å². The molecule has 3 heterocycles. The van der Waals surface area contributed by atoms with Crippen LogP contribution in [0.25, 0.3) is 22.2 Å². The van der Waals surface area contributed by atoms with Gasteiger partial charge in [0.15, 0.2) is 0 Å². The monoisotopic (exact) mass is 495 g/mol. The van der Waals surface area contributed by atoms with Gasteiger partial charge in [0.05, 0.1) is 16.8 Å². The van der Waals surface area contributed by atoms with Gasteiger partial charge < -0.3 is 10.6 Å². The molecule has 0 saturated carbocycles.